The summed E-state index contributed by atoms with van der Waals surface area (Å²) in [6.45, 7) is 10.9. The van der Waals surface area contributed by atoms with Crippen molar-refractivity contribution < 1.29 is 0 Å². The third-order valence-electron chi connectivity index (χ3n) is 4.79. The maximum Gasteiger partial charge on any atom is 0.0309 e. The molecule has 2 heteroatoms. The lowest BCUT2D eigenvalue weighted by Crippen LogP contribution is -2.64. The Kier molecular flexibility index (Phi) is 4.48. The van der Waals surface area contributed by atoms with Gasteiger partial charge in [0.15, 0.2) is 0 Å². The van der Waals surface area contributed by atoms with Crippen molar-refractivity contribution in [3.8, 4) is 0 Å². The molecule has 100 valence electrons. The Balaban J connectivity index is 1.98. The van der Waals surface area contributed by atoms with Crippen molar-refractivity contribution in [1.29, 1.82) is 0 Å². The van der Waals surface area contributed by atoms with Crippen LogP contribution >= 0.6 is 0 Å². The van der Waals surface area contributed by atoms with Crippen LogP contribution in [0.15, 0.2) is 0 Å². The average molecular weight is 238 g/mol. The zero-order valence-electron chi connectivity index (χ0n) is 12.0. The number of hydrogen-bond donors (Lipinski definition) is 1. The molecule has 2 aliphatic rings. The second-order valence-corrected chi connectivity index (χ2v) is 6.50. The van der Waals surface area contributed by atoms with E-state index in [1.807, 2.05) is 0 Å². The standard InChI is InChI=1S/C15H30N2/c1-4-5-10-17-12-15(8-6-7-9-15)16-11-14(17)13(2)3/h13-14,16H,4-12H2,1-3H3. The topological polar surface area (TPSA) is 15.3 Å². The lowest BCUT2D eigenvalue weighted by Gasteiger charge is -2.48. The van der Waals surface area contributed by atoms with E-state index in [0.29, 0.717) is 5.54 Å². The molecule has 1 unspecified atom stereocenters. The van der Waals surface area contributed by atoms with E-state index in [9.17, 15) is 0 Å². The van der Waals surface area contributed by atoms with E-state index >= 15 is 0 Å². The first-order valence-corrected chi connectivity index (χ1v) is 7.66. The molecule has 2 nitrogen and oxygen atoms in total. The van der Waals surface area contributed by atoms with Crippen LogP contribution in [-0.2, 0) is 0 Å². The summed E-state index contributed by atoms with van der Waals surface area (Å²) in [5.74, 6) is 0.776. The van der Waals surface area contributed by atoms with E-state index in [2.05, 4.69) is 31.0 Å². The first kappa shape index (κ1) is 13.4. The maximum absolute atomic E-state index is 3.89. The SMILES string of the molecule is CCCCN1CC2(CCCC2)NCC1C(C)C. The van der Waals surface area contributed by atoms with Crippen molar-refractivity contribution in [3.05, 3.63) is 0 Å². The molecular formula is C15H30N2. The van der Waals surface area contributed by atoms with Gasteiger partial charge in [-0.2, -0.15) is 0 Å². The molecule has 1 saturated heterocycles. The molecule has 0 bridgehead atoms. The van der Waals surface area contributed by atoms with Gasteiger partial charge in [0.1, 0.15) is 0 Å². The Labute approximate surface area is 107 Å². The third kappa shape index (κ3) is 3.03. The number of nitrogens with zero attached hydrogens (tertiary/aromatic N) is 1. The summed E-state index contributed by atoms with van der Waals surface area (Å²) in [5.41, 5.74) is 0.485. The molecule has 0 aromatic rings. The summed E-state index contributed by atoms with van der Waals surface area (Å²) < 4.78 is 0. The second-order valence-electron chi connectivity index (χ2n) is 6.50. The van der Waals surface area contributed by atoms with E-state index in [0.717, 1.165) is 12.0 Å². The number of rotatable bonds is 4. The Bertz CT molecular complexity index is 231. The Morgan fingerprint density at radius 2 is 2.00 bits per heavy atom. The van der Waals surface area contributed by atoms with Gasteiger partial charge in [-0.1, -0.05) is 40.0 Å². The van der Waals surface area contributed by atoms with Gasteiger partial charge in [-0.05, 0) is 31.7 Å². The summed E-state index contributed by atoms with van der Waals surface area (Å²) in [4.78, 5) is 2.79. The molecular weight excluding hydrogens is 208 g/mol. The van der Waals surface area contributed by atoms with Crippen molar-refractivity contribution in [2.75, 3.05) is 19.6 Å². The molecule has 0 amide bonds. The summed E-state index contributed by atoms with van der Waals surface area (Å²) >= 11 is 0. The summed E-state index contributed by atoms with van der Waals surface area (Å²) in [7, 11) is 0. The van der Waals surface area contributed by atoms with Gasteiger partial charge in [-0.15, -0.1) is 0 Å². The van der Waals surface area contributed by atoms with E-state index in [-0.39, 0.29) is 0 Å². The van der Waals surface area contributed by atoms with Gasteiger partial charge in [-0.3, -0.25) is 4.90 Å². The molecule has 1 aliphatic carbocycles. The number of piperazine rings is 1. The molecule has 1 aliphatic heterocycles. The Morgan fingerprint density at radius 1 is 1.29 bits per heavy atom. The highest BCUT2D eigenvalue weighted by Gasteiger charge is 2.41. The molecule has 0 aromatic carbocycles. The highest BCUT2D eigenvalue weighted by Crippen LogP contribution is 2.34. The fourth-order valence-electron chi connectivity index (χ4n) is 3.66. The fraction of sp³-hybridized carbons (Fsp3) is 1.00. The molecule has 0 radical (unpaired) electrons. The van der Waals surface area contributed by atoms with Crippen LogP contribution in [0, 0.1) is 5.92 Å². The van der Waals surface area contributed by atoms with Crippen LogP contribution in [0.2, 0.25) is 0 Å². The van der Waals surface area contributed by atoms with Crippen LogP contribution in [0.4, 0.5) is 0 Å². The van der Waals surface area contributed by atoms with Gasteiger partial charge < -0.3 is 5.32 Å². The smallest absolute Gasteiger partial charge is 0.0309 e. The van der Waals surface area contributed by atoms with Crippen molar-refractivity contribution in [1.82, 2.24) is 10.2 Å². The number of nitrogens with one attached hydrogen (secondary N) is 1. The second kappa shape index (κ2) is 5.71. The van der Waals surface area contributed by atoms with Crippen molar-refractivity contribution >= 4 is 0 Å². The Morgan fingerprint density at radius 3 is 2.59 bits per heavy atom. The van der Waals surface area contributed by atoms with Crippen molar-refractivity contribution in [2.45, 2.75) is 70.9 Å². The third-order valence-corrected chi connectivity index (χ3v) is 4.79. The van der Waals surface area contributed by atoms with Crippen LogP contribution < -0.4 is 5.32 Å². The highest BCUT2D eigenvalue weighted by molar-refractivity contribution is 5.01. The van der Waals surface area contributed by atoms with Crippen molar-refractivity contribution in [3.63, 3.8) is 0 Å². The molecule has 0 aromatic heterocycles. The largest absolute Gasteiger partial charge is 0.308 e. The van der Waals surface area contributed by atoms with Crippen LogP contribution in [0.25, 0.3) is 0 Å². The highest BCUT2D eigenvalue weighted by atomic mass is 15.3. The normalized spacial score (nSPS) is 29.3. The van der Waals surface area contributed by atoms with E-state index in [1.54, 1.807) is 0 Å². The van der Waals surface area contributed by atoms with Gasteiger partial charge >= 0.3 is 0 Å². The monoisotopic (exact) mass is 238 g/mol. The molecule has 17 heavy (non-hydrogen) atoms. The zero-order chi connectivity index (χ0) is 12.3. The number of unbranched alkanes of at least 4 members (excludes halogenated alkanes) is 1. The lowest BCUT2D eigenvalue weighted by atomic mass is 9.89. The van der Waals surface area contributed by atoms with Crippen LogP contribution in [0.5, 0.6) is 0 Å². The molecule has 1 atom stereocenters. The molecule has 1 N–H and O–H groups in total. The van der Waals surface area contributed by atoms with Crippen LogP contribution in [-0.4, -0.2) is 36.1 Å². The van der Waals surface area contributed by atoms with Gasteiger partial charge in [0.05, 0.1) is 0 Å². The predicted molar refractivity (Wildman–Crippen MR) is 74.3 cm³/mol. The first-order valence-electron chi connectivity index (χ1n) is 7.66. The average Bonchev–Trinajstić information content (AvgIpc) is 2.74. The minimum atomic E-state index is 0.485. The van der Waals surface area contributed by atoms with Crippen molar-refractivity contribution in [2.24, 2.45) is 5.92 Å². The lowest BCUT2D eigenvalue weighted by molar-refractivity contribution is 0.0560. The van der Waals surface area contributed by atoms with Crippen LogP contribution in [0.3, 0.4) is 0 Å². The van der Waals surface area contributed by atoms with Gasteiger partial charge in [0.2, 0.25) is 0 Å². The molecule has 1 heterocycles. The summed E-state index contributed by atoms with van der Waals surface area (Å²) in [6.07, 6.45) is 8.35. The molecule has 2 rings (SSSR count). The van der Waals surface area contributed by atoms with Gasteiger partial charge in [0, 0.05) is 24.7 Å². The summed E-state index contributed by atoms with van der Waals surface area (Å²) in [6, 6.07) is 0.757. The minimum Gasteiger partial charge on any atom is -0.308 e. The number of hydrogen-bond acceptors (Lipinski definition) is 2. The predicted octanol–water partition coefficient (Wildman–Crippen LogP) is 3.03. The van der Waals surface area contributed by atoms with Crippen LogP contribution in [0.1, 0.15) is 59.3 Å². The van der Waals surface area contributed by atoms with E-state index in [4.69, 9.17) is 0 Å². The Hall–Kier alpha value is -0.0800. The quantitative estimate of drug-likeness (QED) is 0.810. The van der Waals surface area contributed by atoms with Gasteiger partial charge in [0.25, 0.3) is 0 Å². The molecule has 1 spiro atoms. The zero-order valence-corrected chi connectivity index (χ0v) is 12.0. The minimum absolute atomic E-state index is 0.485. The summed E-state index contributed by atoms with van der Waals surface area (Å²) in [5, 5.41) is 3.89. The van der Waals surface area contributed by atoms with Gasteiger partial charge in [-0.25, -0.2) is 0 Å². The fourth-order valence-corrected chi connectivity index (χ4v) is 3.66. The molecule has 1 saturated carbocycles. The first-order chi connectivity index (χ1) is 8.17. The van der Waals surface area contributed by atoms with E-state index < -0.39 is 0 Å². The maximum atomic E-state index is 3.89. The van der Waals surface area contributed by atoms with E-state index in [1.165, 1.54) is 58.2 Å². The molecule has 2 fully saturated rings.